The van der Waals surface area contributed by atoms with Gasteiger partial charge in [-0.15, -0.1) is 0 Å². The molecule has 0 aromatic rings. The van der Waals surface area contributed by atoms with E-state index >= 15 is 0 Å². The third-order valence-corrected chi connectivity index (χ3v) is 5.59. The van der Waals surface area contributed by atoms with E-state index in [9.17, 15) is 10.1 Å². The van der Waals surface area contributed by atoms with Crippen LogP contribution in [0, 0.1) is 29.1 Å². The van der Waals surface area contributed by atoms with Gasteiger partial charge in [0.2, 0.25) is 0 Å². The largest absolute Gasteiger partial charge is 0.466 e. The molecule has 1 aliphatic carbocycles. The number of ether oxygens (including phenoxy) is 1. The van der Waals surface area contributed by atoms with Crippen molar-refractivity contribution in [3.05, 3.63) is 24.3 Å². The van der Waals surface area contributed by atoms with Gasteiger partial charge < -0.3 is 4.74 Å². The predicted molar refractivity (Wildman–Crippen MR) is 117 cm³/mol. The lowest BCUT2D eigenvalue weighted by Gasteiger charge is -2.25. The van der Waals surface area contributed by atoms with Gasteiger partial charge in [0.1, 0.15) is 0 Å². The van der Waals surface area contributed by atoms with Gasteiger partial charge in [-0.3, -0.25) is 4.79 Å². The van der Waals surface area contributed by atoms with Gasteiger partial charge in [-0.2, -0.15) is 5.26 Å². The van der Waals surface area contributed by atoms with Crippen molar-refractivity contribution in [1.82, 2.24) is 0 Å². The Balaban J connectivity index is 2.08. The zero-order chi connectivity index (χ0) is 20.5. The smallest absolute Gasteiger partial charge is 0.305 e. The molecule has 0 aliphatic heterocycles. The molecule has 0 bridgehead atoms. The highest BCUT2D eigenvalue weighted by Crippen LogP contribution is 2.31. The van der Waals surface area contributed by atoms with E-state index < -0.39 is 0 Å². The van der Waals surface area contributed by atoms with E-state index in [4.69, 9.17) is 4.74 Å². The monoisotopic (exact) mass is 387 g/mol. The summed E-state index contributed by atoms with van der Waals surface area (Å²) in [7, 11) is 0. The number of unbranched alkanes of at least 4 members (excludes halogenated alkanes) is 7. The molecule has 158 valence electrons. The molecular formula is C25H41NO2. The Kier molecular flexibility index (Phi) is 14.3. The summed E-state index contributed by atoms with van der Waals surface area (Å²) >= 11 is 0. The van der Waals surface area contributed by atoms with Crippen LogP contribution >= 0.6 is 0 Å². The molecule has 0 spiro atoms. The summed E-state index contributed by atoms with van der Waals surface area (Å²) in [6.45, 7) is 4.90. The maximum Gasteiger partial charge on any atom is 0.305 e. The Hall–Kier alpha value is -1.56. The fourth-order valence-electron chi connectivity index (χ4n) is 3.72. The number of hydrogen-bond donors (Lipinski definition) is 0. The Morgan fingerprint density at radius 3 is 2.57 bits per heavy atom. The topological polar surface area (TPSA) is 50.1 Å². The highest BCUT2D eigenvalue weighted by Gasteiger charge is 2.24. The maximum atomic E-state index is 11.5. The average molecular weight is 388 g/mol. The molecule has 0 N–H and O–H groups in total. The number of carbonyl (C=O) groups is 1. The molecule has 0 unspecified atom stereocenters. The second-order valence-electron chi connectivity index (χ2n) is 8.14. The summed E-state index contributed by atoms with van der Waals surface area (Å²) in [6, 6.07) is 2.52. The van der Waals surface area contributed by atoms with Crippen LogP contribution in [0.5, 0.6) is 0 Å². The maximum absolute atomic E-state index is 11.5. The van der Waals surface area contributed by atoms with Crippen LogP contribution in [-0.4, -0.2) is 12.6 Å². The van der Waals surface area contributed by atoms with Crippen molar-refractivity contribution < 1.29 is 9.53 Å². The second kappa shape index (κ2) is 16.4. The lowest BCUT2D eigenvalue weighted by molar-refractivity contribution is -0.143. The summed E-state index contributed by atoms with van der Waals surface area (Å²) in [4.78, 5) is 11.5. The Bertz CT molecular complexity index is 503. The van der Waals surface area contributed by atoms with E-state index in [2.05, 4.69) is 44.2 Å². The van der Waals surface area contributed by atoms with Crippen LogP contribution in [0.4, 0.5) is 0 Å². The lowest BCUT2D eigenvalue weighted by Crippen LogP contribution is -2.18. The van der Waals surface area contributed by atoms with E-state index in [1.807, 2.05) is 0 Å². The number of allylic oxidation sites excluding steroid dienone is 4. The molecule has 3 nitrogen and oxygen atoms in total. The summed E-state index contributed by atoms with van der Waals surface area (Å²) in [5.41, 5.74) is 0. The van der Waals surface area contributed by atoms with Gasteiger partial charge in [0.05, 0.1) is 18.6 Å². The Labute approximate surface area is 173 Å². The van der Waals surface area contributed by atoms with Crippen LogP contribution in [-0.2, 0) is 9.53 Å². The molecule has 0 saturated heterocycles. The van der Waals surface area contributed by atoms with Crippen molar-refractivity contribution in [2.75, 3.05) is 6.61 Å². The third kappa shape index (κ3) is 11.3. The molecule has 1 aliphatic rings. The first-order valence-corrected chi connectivity index (χ1v) is 11.6. The standard InChI is InChI=1S/C25H41NO2/c1-3-5-14-22-17-18-23(24(20-22)21-26)15-12-10-8-7-9-11-13-16-25(27)28-19-6-4-2/h12,15,17-18,22-24H,3-11,13-14,16,19-20H2,1-2H3/b15-12-/t22-,23+,24+/m0/s1. The molecule has 0 aromatic heterocycles. The quantitative estimate of drug-likeness (QED) is 0.170. The fourth-order valence-corrected chi connectivity index (χ4v) is 3.72. The van der Waals surface area contributed by atoms with Crippen molar-refractivity contribution in [2.24, 2.45) is 17.8 Å². The average Bonchev–Trinajstić information content (AvgIpc) is 2.71. The van der Waals surface area contributed by atoms with Crippen LogP contribution in [0.15, 0.2) is 24.3 Å². The van der Waals surface area contributed by atoms with Gasteiger partial charge in [-0.1, -0.05) is 76.7 Å². The van der Waals surface area contributed by atoms with Gasteiger partial charge in [0.25, 0.3) is 0 Å². The molecule has 28 heavy (non-hydrogen) atoms. The molecule has 3 atom stereocenters. The van der Waals surface area contributed by atoms with Crippen molar-refractivity contribution in [3.63, 3.8) is 0 Å². The summed E-state index contributed by atoms with van der Waals surface area (Å²) in [5, 5.41) is 9.48. The molecule has 0 heterocycles. The van der Waals surface area contributed by atoms with E-state index in [0.29, 0.717) is 24.9 Å². The molecule has 0 amide bonds. The van der Waals surface area contributed by atoms with Crippen LogP contribution in [0.3, 0.4) is 0 Å². The van der Waals surface area contributed by atoms with Gasteiger partial charge in [0.15, 0.2) is 0 Å². The second-order valence-corrected chi connectivity index (χ2v) is 8.14. The summed E-state index contributed by atoms with van der Waals surface area (Å²) < 4.78 is 5.17. The SMILES string of the molecule is CCCCOC(=O)CCCCCCC/C=C\[C@@H]1C=C[C@H](CCCC)C[C@@H]1C#N. The predicted octanol–water partition coefficient (Wildman–Crippen LogP) is 7.14. The number of hydrogen-bond acceptors (Lipinski definition) is 3. The minimum absolute atomic E-state index is 0.0408. The first-order chi connectivity index (χ1) is 13.7. The number of nitriles is 1. The number of rotatable bonds is 15. The highest BCUT2D eigenvalue weighted by molar-refractivity contribution is 5.69. The van der Waals surface area contributed by atoms with Crippen molar-refractivity contribution in [3.8, 4) is 6.07 Å². The number of esters is 1. The summed E-state index contributed by atoms with van der Waals surface area (Å²) in [6.07, 6.45) is 23.1. The van der Waals surface area contributed by atoms with Crippen molar-refractivity contribution in [2.45, 2.75) is 97.3 Å². The lowest BCUT2D eigenvalue weighted by atomic mass is 9.78. The third-order valence-electron chi connectivity index (χ3n) is 5.59. The normalized spacial score (nSPS) is 21.7. The van der Waals surface area contributed by atoms with E-state index in [1.54, 1.807) is 0 Å². The van der Waals surface area contributed by atoms with E-state index in [-0.39, 0.29) is 11.9 Å². The first-order valence-electron chi connectivity index (χ1n) is 11.6. The van der Waals surface area contributed by atoms with Crippen LogP contribution < -0.4 is 0 Å². The molecule has 0 aromatic carbocycles. The highest BCUT2D eigenvalue weighted by atomic mass is 16.5. The van der Waals surface area contributed by atoms with Gasteiger partial charge in [-0.25, -0.2) is 0 Å². The fraction of sp³-hybridized carbons (Fsp3) is 0.760. The zero-order valence-electron chi connectivity index (χ0n) is 18.2. The minimum atomic E-state index is -0.0408. The molecule has 3 heteroatoms. The molecule has 0 radical (unpaired) electrons. The molecule has 0 saturated carbocycles. The van der Waals surface area contributed by atoms with Crippen molar-refractivity contribution >= 4 is 5.97 Å². The van der Waals surface area contributed by atoms with Crippen LogP contribution in [0.25, 0.3) is 0 Å². The van der Waals surface area contributed by atoms with E-state index in [1.165, 1.54) is 38.5 Å². The van der Waals surface area contributed by atoms with Gasteiger partial charge >= 0.3 is 5.97 Å². The molecule has 0 fully saturated rings. The molecular weight excluding hydrogens is 346 g/mol. The van der Waals surface area contributed by atoms with Crippen LogP contribution in [0.2, 0.25) is 0 Å². The summed E-state index contributed by atoms with van der Waals surface area (Å²) in [5.74, 6) is 0.987. The van der Waals surface area contributed by atoms with Gasteiger partial charge in [-0.05, 0) is 44.4 Å². The first kappa shape index (κ1) is 24.5. The Morgan fingerprint density at radius 1 is 1.07 bits per heavy atom. The molecule has 1 rings (SSSR count). The van der Waals surface area contributed by atoms with Gasteiger partial charge in [0, 0.05) is 12.3 Å². The number of carbonyl (C=O) groups excluding carboxylic acids is 1. The van der Waals surface area contributed by atoms with Crippen molar-refractivity contribution in [1.29, 1.82) is 5.26 Å². The van der Waals surface area contributed by atoms with Crippen LogP contribution in [0.1, 0.15) is 97.3 Å². The number of nitrogens with zero attached hydrogens (tertiary/aromatic N) is 1. The zero-order valence-corrected chi connectivity index (χ0v) is 18.2. The van der Waals surface area contributed by atoms with E-state index in [0.717, 1.165) is 38.5 Å². The Morgan fingerprint density at radius 2 is 1.82 bits per heavy atom. The minimum Gasteiger partial charge on any atom is -0.466 e.